The highest BCUT2D eigenvalue weighted by Gasteiger charge is 2.65. The lowest BCUT2D eigenvalue weighted by Gasteiger charge is -2.52. The molecule has 3 aliphatic rings. The maximum atomic E-state index is 9.86. The number of epoxide rings is 1. The molecule has 0 bridgehead atoms. The van der Waals surface area contributed by atoms with Crippen LogP contribution in [-0.4, -0.2) is 61.4 Å². The zero-order chi connectivity index (χ0) is 13.1. The van der Waals surface area contributed by atoms with Gasteiger partial charge in [-0.15, -0.1) is 0 Å². The third-order valence-electron chi connectivity index (χ3n) is 4.45. The Morgan fingerprint density at radius 2 is 1.61 bits per heavy atom. The van der Waals surface area contributed by atoms with Gasteiger partial charge in [0, 0.05) is 20.6 Å². The van der Waals surface area contributed by atoms with Crippen molar-refractivity contribution in [1.29, 1.82) is 0 Å². The van der Waals surface area contributed by atoms with Gasteiger partial charge in [-0.3, -0.25) is 0 Å². The molecule has 0 aromatic carbocycles. The molecule has 7 atom stereocenters. The summed E-state index contributed by atoms with van der Waals surface area (Å²) >= 11 is 0. The van der Waals surface area contributed by atoms with E-state index in [0.29, 0.717) is 6.42 Å². The van der Waals surface area contributed by atoms with Gasteiger partial charge >= 0.3 is 0 Å². The number of hydrogen-bond donors (Lipinski definition) is 1. The summed E-state index contributed by atoms with van der Waals surface area (Å²) in [4.78, 5) is 0. The fourth-order valence-corrected chi connectivity index (χ4v) is 2.92. The fraction of sp³-hybridized carbons (Fsp3) is 1.00. The molecule has 104 valence electrons. The molecule has 18 heavy (non-hydrogen) atoms. The van der Waals surface area contributed by atoms with E-state index in [9.17, 15) is 5.11 Å². The number of aliphatic hydroxyl groups excluding tert-OH is 1. The molecule has 6 nitrogen and oxygen atoms in total. The minimum absolute atomic E-state index is 0.102. The topological polar surface area (TPSA) is 69.7 Å². The Kier molecular flexibility index (Phi) is 2.75. The molecule has 1 aliphatic carbocycles. The lowest BCUT2D eigenvalue weighted by molar-refractivity contribution is -0.451. The molecular formula is C12H20O6. The Hall–Kier alpha value is -0.240. The Bertz CT molecular complexity index is 349. The molecule has 0 unspecified atom stereocenters. The lowest BCUT2D eigenvalue weighted by atomic mass is 9.89. The van der Waals surface area contributed by atoms with Crippen molar-refractivity contribution in [2.24, 2.45) is 0 Å². The molecule has 0 spiro atoms. The van der Waals surface area contributed by atoms with Gasteiger partial charge in [0.25, 0.3) is 0 Å². The molecule has 0 radical (unpaired) electrons. The van der Waals surface area contributed by atoms with Crippen molar-refractivity contribution in [3.05, 3.63) is 0 Å². The molecule has 0 aromatic rings. The van der Waals surface area contributed by atoms with Crippen molar-refractivity contribution < 1.29 is 28.8 Å². The summed E-state index contributed by atoms with van der Waals surface area (Å²) in [6, 6.07) is 0. The van der Waals surface area contributed by atoms with E-state index in [-0.39, 0.29) is 24.4 Å². The summed E-state index contributed by atoms with van der Waals surface area (Å²) in [6.07, 6.45) is -0.682. The SMILES string of the molecule is CO[C@@]1(C)O[C@@H]2[C@@H]3O[C@@H]3[C@@H](O)C[C@H]2O[C@]1(C)OC. The van der Waals surface area contributed by atoms with Crippen molar-refractivity contribution in [1.82, 2.24) is 0 Å². The van der Waals surface area contributed by atoms with Crippen molar-refractivity contribution >= 4 is 0 Å². The van der Waals surface area contributed by atoms with E-state index < -0.39 is 17.7 Å². The highest BCUT2D eigenvalue weighted by molar-refractivity contribution is 5.08. The van der Waals surface area contributed by atoms with Crippen LogP contribution in [0.1, 0.15) is 20.3 Å². The van der Waals surface area contributed by atoms with Crippen LogP contribution in [0.2, 0.25) is 0 Å². The van der Waals surface area contributed by atoms with E-state index in [1.54, 1.807) is 28.1 Å². The van der Waals surface area contributed by atoms with Crippen LogP contribution >= 0.6 is 0 Å². The first-order chi connectivity index (χ1) is 8.44. The average molecular weight is 260 g/mol. The molecule has 6 heteroatoms. The van der Waals surface area contributed by atoms with Gasteiger partial charge in [-0.1, -0.05) is 0 Å². The maximum Gasteiger partial charge on any atom is 0.220 e. The minimum Gasteiger partial charge on any atom is -0.390 e. The fourth-order valence-electron chi connectivity index (χ4n) is 2.92. The zero-order valence-corrected chi connectivity index (χ0v) is 11.1. The minimum atomic E-state index is -1.01. The van der Waals surface area contributed by atoms with E-state index in [1.807, 2.05) is 0 Å². The van der Waals surface area contributed by atoms with Gasteiger partial charge in [0.1, 0.15) is 18.3 Å². The van der Waals surface area contributed by atoms with Crippen LogP contribution in [0.4, 0.5) is 0 Å². The van der Waals surface area contributed by atoms with Crippen LogP contribution in [-0.2, 0) is 23.7 Å². The van der Waals surface area contributed by atoms with E-state index in [4.69, 9.17) is 23.7 Å². The monoisotopic (exact) mass is 260 g/mol. The average Bonchev–Trinajstić information content (AvgIpc) is 3.13. The second-order valence-electron chi connectivity index (χ2n) is 5.41. The quantitative estimate of drug-likeness (QED) is 0.706. The van der Waals surface area contributed by atoms with Crippen molar-refractivity contribution in [3.8, 4) is 0 Å². The number of aliphatic hydroxyl groups is 1. The number of ether oxygens (including phenoxy) is 5. The summed E-state index contributed by atoms with van der Waals surface area (Å²) in [5, 5.41) is 9.86. The predicted molar refractivity (Wildman–Crippen MR) is 59.9 cm³/mol. The van der Waals surface area contributed by atoms with E-state index in [0.717, 1.165) is 0 Å². The lowest BCUT2D eigenvalue weighted by Crippen LogP contribution is -2.67. The zero-order valence-electron chi connectivity index (χ0n) is 11.1. The standard InChI is InChI=1S/C12H20O6/c1-11(14-3)12(2,15-4)18-9-7(17-11)5-6(13)8-10(9)16-8/h6-10,13H,5H2,1-4H3/t6-,7+,8+,9-,10+,11-,12-/m0/s1. The number of hydrogen-bond acceptors (Lipinski definition) is 6. The molecule has 1 N–H and O–H groups in total. The second kappa shape index (κ2) is 3.88. The first kappa shape index (κ1) is 12.8. The molecule has 3 fully saturated rings. The molecule has 1 saturated carbocycles. The summed E-state index contributed by atoms with van der Waals surface area (Å²) in [7, 11) is 3.11. The van der Waals surface area contributed by atoms with Gasteiger partial charge in [-0.2, -0.15) is 0 Å². The van der Waals surface area contributed by atoms with Crippen LogP contribution in [0.15, 0.2) is 0 Å². The second-order valence-corrected chi connectivity index (χ2v) is 5.41. The number of methoxy groups -OCH3 is 2. The summed E-state index contributed by atoms with van der Waals surface area (Å²) < 4.78 is 28.3. The molecule has 0 aromatic heterocycles. The molecule has 2 aliphatic heterocycles. The van der Waals surface area contributed by atoms with Crippen molar-refractivity contribution in [2.45, 2.75) is 62.4 Å². The largest absolute Gasteiger partial charge is 0.390 e. The Morgan fingerprint density at radius 3 is 2.22 bits per heavy atom. The van der Waals surface area contributed by atoms with Gasteiger partial charge in [0.15, 0.2) is 0 Å². The van der Waals surface area contributed by atoms with E-state index in [1.165, 1.54) is 0 Å². The predicted octanol–water partition coefficient (Wildman–Crippen LogP) is 0.0276. The highest BCUT2D eigenvalue weighted by atomic mass is 16.8. The van der Waals surface area contributed by atoms with Gasteiger partial charge < -0.3 is 28.8 Å². The number of fused-ring (bicyclic) bond motifs is 3. The van der Waals surface area contributed by atoms with E-state index in [2.05, 4.69) is 0 Å². The van der Waals surface area contributed by atoms with Crippen LogP contribution in [0.3, 0.4) is 0 Å². The Balaban J connectivity index is 1.86. The summed E-state index contributed by atoms with van der Waals surface area (Å²) in [5.74, 6) is -2.01. The Labute approximate surface area is 106 Å². The van der Waals surface area contributed by atoms with Gasteiger partial charge in [0.2, 0.25) is 11.6 Å². The maximum absolute atomic E-state index is 9.86. The summed E-state index contributed by atoms with van der Waals surface area (Å²) in [6.45, 7) is 3.56. The summed E-state index contributed by atoms with van der Waals surface area (Å²) in [5.41, 5.74) is 0. The normalized spacial score (nSPS) is 58.8. The highest BCUT2D eigenvalue weighted by Crippen LogP contribution is 2.48. The molecular weight excluding hydrogens is 240 g/mol. The van der Waals surface area contributed by atoms with Crippen molar-refractivity contribution in [2.75, 3.05) is 14.2 Å². The smallest absolute Gasteiger partial charge is 0.220 e. The molecule has 2 saturated heterocycles. The molecule has 2 heterocycles. The van der Waals surface area contributed by atoms with Gasteiger partial charge in [0.05, 0.1) is 12.2 Å². The Morgan fingerprint density at radius 1 is 1.00 bits per heavy atom. The van der Waals surface area contributed by atoms with Gasteiger partial charge in [-0.25, -0.2) is 0 Å². The number of rotatable bonds is 2. The van der Waals surface area contributed by atoms with Crippen molar-refractivity contribution in [3.63, 3.8) is 0 Å². The van der Waals surface area contributed by atoms with Crippen LogP contribution < -0.4 is 0 Å². The van der Waals surface area contributed by atoms with Gasteiger partial charge in [-0.05, 0) is 13.8 Å². The first-order valence-electron chi connectivity index (χ1n) is 6.23. The molecule has 3 rings (SSSR count). The first-order valence-corrected chi connectivity index (χ1v) is 6.23. The van der Waals surface area contributed by atoms with Crippen LogP contribution in [0.25, 0.3) is 0 Å². The molecule has 0 amide bonds. The third kappa shape index (κ3) is 1.57. The third-order valence-corrected chi connectivity index (χ3v) is 4.45. The van der Waals surface area contributed by atoms with Crippen LogP contribution in [0, 0.1) is 0 Å². The van der Waals surface area contributed by atoms with E-state index >= 15 is 0 Å². The van der Waals surface area contributed by atoms with Crippen LogP contribution in [0.5, 0.6) is 0 Å².